The standard InChI is InChI=1S/C25H24ClF3N4O3/c1-2-36-23(35)24(13-3-4-14-30)16-33(32-22(24)17-5-9-19(26)10-6-17)15-21(34)31-20-11-7-18(8-12-20)25(27,28)29/h5-12H,2-4,13,15-16H2,1H3,(H,31,34). The van der Waals surface area contributed by atoms with Gasteiger partial charge in [-0.1, -0.05) is 23.7 Å². The van der Waals surface area contributed by atoms with Crippen molar-refractivity contribution in [3.63, 3.8) is 0 Å². The Labute approximate surface area is 211 Å². The van der Waals surface area contributed by atoms with Gasteiger partial charge >= 0.3 is 12.1 Å². The van der Waals surface area contributed by atoms with Crippen LogP contribution in [-0.4, -0.2) is 42.3 Å². The van der Waals surface area contributed by atoms with Crippen LogP contribution in [0.3, 0.4) is 0 Å². The molecule has 1 amide bonds. The third-order valence-corrected chi connectivity index (χ3v) is 5.90. The summed E-state index contributed by atoms with van der Waals surface area (Å²) in [6, 6.07) is 12.9. The predicted molar refractivity (Wildman–Crippen MR) is 128 cm³/mol. The number of amides is 1. The SMILES string of the molecule is CCOC(=O)C1(CCCC#N)CN(CC(=O)Nc2ccc(C(F)(F)F)cc2)N=C1c1ccc(Cl)cc1. The number of esters is 1. The Morgan fingerprint density at radius 1 is 1.19 bits per heavy atom. The van der Waals surface area contributed by atoms with E-state index in [9.17, 15) is 22.8 Å². The number of nitriles is 1. The molecule has 0 aliphatic carbocycles. The molecule has 0 bridgehead atoms. The van der Waals surface area contributed by atoms with Crippen LogP contribution in [0.4, 0.5) is 18.9 Å². The molecule has 0 spiro atoms. The minimum absolute atomic E-state index is 0.0374. The number of hydrogen-bond donors (Lipinski definition) is 1. The topological polar surface area (TPSA) is 94.8 Å². The molecule has 1 heterocycles. The number of nitrogens with one attached hydrogen (secondary N) is 1. The molecule has 0 saturated heterocycles. The number of carbonyl (C=O) groups is 2. The highest BCUT2D eigenvalue weighted by atomic mass is 35.5. The van der Waals surface area contributed by atoms with Crippen molar-refractivity contribution in [1.29, 1.82) is 5.26 Å². The molecule has 1 atom stereocenters. The molecular formula is C25H24ClF3N4O3. The lowest BCUT2D eigenvalue weighted by Gasteiger charge is -2.28. The van der Waals surface area contributed by atoms with Crippen molar-refractivity contribution in [1.82, 2.24) is 5.01 Å². The molecule has 0 aromatic heterocycles. The monoisotopic (exact) mass is 520 g/mol. The van der Waals surface area contributed by atoms with Crippen LogP contribution in [0.25, 0.3) is 0 Å². The third-order valence-electron chi connectivity index (χ3n) is 5.65. The summed E-state index contributed by atoms with van der Waals surface area (Å²) in [6.45, 7) is 1.61. The van der Waals surface area contributed by atoms with Gasteiger partial charge in [-0.05, 0) is 61.7 Å². The summed E-state index contributed by atoms with van der Waals surface area (Å²) in [5.41, 5.74) is -0.823. The lowest BCUT2D eigenvalue weighted by Crippen LogP contribution is -2.44. The number of unbranched alkanes of at least 4 members (excludes halogenated alkanes) is 1. The van der Waals surface area contributed by atoms with E-state index < -0.39 is 29.0 Å². The maximum Gasteiger partial charge on any atom is 0.416 e. The van der Waals surface area contributed by atoms with Gasteiger partial charge in [0.05, 0.1) is 30.5 Å². The summed E-state index contributed by atoms with van der Waals surface area (Å²) < 4.78 is 43.7. The molecule has 190 valence electrons. The zero-order valence-electron chi connectivity index (χ0n) is 19.4. The number of nitrogens with zero attached hydrogens (tertiary/aromatic N) is 3. The highest BCUT2D eigenvalue weighted by Crippen LogP contribution is 2.38. The summed E-state index contributed by atoms with van der Waals surface area (Å²) in [6.07, 6.45) is -3.57. The summed E-state index contributed by atoms with van der Waals surface area (Å²) >= 11 is 6.02. The van der Waals surface area contributed by atoms with E-state index in [1.165, 1.54) is 5.01 Å². The summed E-state index contributed by atoms with van der Waals surface area (Å²) in [5, 5.41) is 18.1. The Morgan fingerprint density at radius 3 is 2.44 bits per heavy atom. The number of carbonyl (C=O) groups excluding carboxylic acids is 2. The van der Waals surface area contributed by atoms with Crippen molar-refractivity contribution in [2.75, 3.05) is 25.0 Å². The third kappa shape index (κ3) is 6.34. The van der Waals surface area contributed by atoms with Gasteiger partial charge in [-0.2, -0.15) is 23.5 Å². The maximum absolute atomic E-state index is 13.2. The quantitative estimate of drug-likeness (QED) is 0.359. The minimum atomic E-state index is -4.48. The van der Waals surface area contributed by atoms with Crippen molar-refractivity contribution in [2.45, 2.75) is 32.4 Å². The number of anilines is 1. The first-order valence-electron chi connectivity index (χ1n) is 11.2. The summed E-state index contributed by atoms with van der Waals surface area (Å²) in [5.74, 6) is -1.03. The van der Waals surface area contributed by atoms with Gasteiger partial charge < -0.3 is 10.1 Å². The van der Waals surface area contributed by atoms with E-state index in [1.807, 2.05) is 0 Å². The number of hydrogen-bond acceptors (Lipinski definition) is 6. The number of rotatable bonds is 9. The van der Waals surface area contributed by atoms with Gasteiger partial charge in [0.1, 0.15) is 12.0 Å². The Bertz CT molecular complexity index is 1160. The first-order valence-corrected chi connectivity index (χ1v) is 11.6. The molecule has 36 heavy (non-hydrogen) atoms. The second kappa shape index (κ2) is 11.4. The van der Waals surface area contributed by atoms with E-state index in [-0.39, 0.29) is 38.2 Å². The van der Waals surface area contributed by atoms with Gasteiger partial charge in [-0.3, -0.25) is 14.6 Å². The van der Waals surface area contributed by atoms with Gasteiger partial charge in [-0.25, -0.2) is 0 Å². The fourth-order valence-electron chi connectivity index (χ4n) is 4.00. The molecule has 0 radical (unpaired) electrons. The lowest BCUT2D eigenvalue weighted by molar-refractivity contribution is -0.152. The molecule has 2 aromatic rings. The molecule has 0 saturated carbocycles. The van der Waals surface area contributed by atoms with Crippen LogP contribution >= 0.6 is 11.6 Å². The second-order valence-electron chi connectivity index (χ2n) is 8.22. The highest BCUT2D eigenvalue weighted by molar-refractivity contribution is 6.30. The lowest BCUT2D eigenvalue weighted by atomic mass is 9.76. The number of benzene rings is 2. The van der Waals surface area contributed by atoms with Crippen LogP contribution in [-0.2, 0) is 20.5 Å². The van der Waals surface area contributed by atoms with Crippen molar-refractivity contribution < 1.29 is 27.5 Å². The maximum atomic E-state index is 13.2. The average Bonchev–Trinajstić information content (AvgIpc) is 3.18. The van der Waals surface area contributed by atoms with Crippen LogP contribution in [0, 0.1) is 16.7 Å². The number of alkyl halides is 3. The Kier molecular flexibility index (Phi) is 8.58. The molecular weight excluding hydrogens is 497 g/mol. The van der Waals surface area contributed by atoms with Gasteiger partial charge in [0.2, 0.25) is 5.91 Å². The second-order valence-corrected chi connectivity index (χ2v) is 8.65. The fraction of sp³-hybridized carbons (Fsp3) is 0.360. The van der Waals surface area contributed by atoms with Gasteiger partial charge in [0, 0.05) is 17.1 Å². The van der Waals surface area contributed by atoms with Crippen LogP contribution in [0.1, 0.15) is 37.3 Å². The van der Waals surface area contributed by atoms with Crippen LogP contribution < -0.4 is 5.32 Å². The molecule has 1 N–H and O–H groups in total. The first kappa shape index (κ1) is 27.0. The van der Waals surface area contributed by atoms with Crippen LogP contribution in [0.2, 0.25) is 5.02 Å². The smallest absolute Gasteiger partial charge is 0.416 e. The number of halogens is 4. The van der Waals surface area contributed by atoms with E-state index >= 15 is 0 Å². The van der Waals surface area contributed by atoms with Gasteiger partial charge in [0.25, 0.3) is 0 Å². The zero-order chi connectivity index (χ0) is 26.3. The largest absolute Gasteiger partial charge is 0.465 e. The Balaban J connectivity index is 1.85. The molecule has 3 rings (SSSR count). The normalized spacial score (nSPS) is 17.3. The molecule has 1 unspecified atom stereocenters. The van der Waals surface area contributed by atoms with E-state index in [4.69, 9.17) is 21.6 Å². The predicted octanol–water partition coefficient (Wildman–Crippen LogP) is 5.26. The van der Waals surface area contributed by atoms with E-state index in [1.54, 1.807) is 31.2 Å². The zero-order valence-corrected chi connectivity index (χ0v) is 20.2. The van der Waals surface area contributed by atoms with E-state index in [0.717, 1.165) is 24.3 Å². The molecule has 11 heteroatoms. The van der Waals surface area contributed by atoms with E-state index in [0.29, 0.717) is 22.7 Å². The van der Waals surface area contributed by atoms with E-state index in [2.05, 4.69) is 16.5 Å². The van der Waals surface area contributed by atoms with Crippen LogP contribution in [0.15, 0.2) is 53.6 Å². The average molecular weight is 521 g/mol. The molecule has 1 aliphatic heterocycles. The van der Waals surface area contributed by atoms with Crippen molar-refractivity contribution in [3.05, 3.63) is 64.7 Å². The first-order chi connectivity index (χ1) is 17.1. The molecule has 0 fully saturated rings. The van der Waals surface area contributed by atoms with Crippen molar-refractivity contribution >= 4 is 34.9 Å². The molecule has 2 aromatic carbocycles. The molecule has 7 nitrogen and oxygen atoms in total. The van der Waals surface area contributed by atoms with Crippen molar-refractivity contribution in [2.24, 2.45) is 10.5 Å². The Hall–Kier alpha value is -3.58. The number of ether oxygens (including phenoxy) is 1. The molecule has 1 aliphatic rings. The summed E-state index contributed by atoms with van der Waals surface area (Å²) in [7, 11) is 0. The van der Waals surface area contributed by atoms with Gasteiger partial charge in [0.15, 0.2) is 0 Å². The van der Waals surface area contributed by atoms with Crippen molar-refractivity contribution in [3.8, 4) is 6.07 Å². The van der Waals surface area contributed by atoms with Crippen LogP contribution in [0.5, 0.6) is 0 Å². The van der Waals surface area contributed by atoms with Gasteiger partial charge in [-0.15, -0.1) is 0 Å². The minimum Gasteiger partial charge on any atom is -0.465 e. The number of hydrazone groups is 1. The fourth-order valence-corrected chi connectivity index (χ4v) is 4.13. The summed E-state index contributed by atoms with van der Waals surface area (Å²) in [4.78, 5) is 25.9. The Morgan fingerprint density at radius 2 is 1.86 bits per heavy atom. The highest BCUT2D eigenvalue weighted by Gasteiger charge is 2.50.